The Labute approximate surface area is 119 Å². The first-order chi connectivity index (χ1) is 9.00. The van der Waals surface area contributed by atoms with Gasteiger partial charge in [0, 0.05) is 13.1 Å². The normalized spacial score (nSPS) is 20.8. The van der Waals surface area contributed by atoms with Crippen molar-refractivity contribution in [1.82, 2.24) is 4.90 Å². The second kappa shape index (κ2) is 8.55. The van der Waals surface area contributed by atoms with Gasteiger partial charge in [0.05, 0.1) is 13.2 Å². The highest BCUT2D eigenvalue weighted by molar-refractivity contribution is 5.09. The number of hydrogen-bond acceptors (Lipinski definition) is 2. The summed E-state index contributed by atoms with van der Waals surface area (Å²) in [4.78, 5) is 2.35. The first kappa shape index (κ1) is 16.5. The largest absolute Gasteiger partial charge is 0.377 e. The number of likely N-dealkylation sites (N-methyl/N-ethyl adjacent to an activating group) is 1. The van der Waals surface area contributed by atoms with Gasteiger partial charge in [-0.05, 0) is 31.7 Å². The fraction of sp³-hybridized carbons (Fsp3) is 0.765. The lowest BCUT2D eigenvalue weighted by Crippen LogP contribution is -2.25. The van der Waals surface area contributed by atoms with E-state index in [9.17, 15) is 0 Å². The molecule has 2 rings (SSSR count). The average molecular weight is 265 g/mol. The van der Waals surface area contributed by atoms with Crippen LogP contribution >= 0.6 is 0 Å². The predicted molar refractivity (Wildman–Crippen MR) is 83.4 cm³/mol. The summed E-state index contributed by atoms with van der Waals surface area (Å²) in [6.07, 6.45) is 6.98. The quantitative estimate of drug-likeness (QED) is 0.702. The topological polar surface area (TPSA) is 12.5 Å². The van der Waals surface area contributed by atoms with Crippen LogP contribution < -0.4 is 0 Å². The van der Waals surface area contributed by atoms with E-state index in [0.29, 0.717) is 5.92 Å². The second-order valence-corrected chi connectivity index (χ2v) is 6.20. The summed E-state index contributed by atoms with van der Waals surface area (Å²) in [5, 5.41) is 0. The number of ether oxygens (including phenoxy) is 1. The van der Waals surface area contributed by atoms with E-state index in [1.54, 1.807) is 11.1 Å². The minimum absolute atomic E-state index is 0.717. The van der Waals surface area contributed by atoms with Crippen LogP contribution in [0, 0.1) is 11.8 Å². The molecule has 110 valence electrons. The van der Waals surface area contributed by atoms with E-state index in [0.717, 1.165) is 32.1 Å². The van der Waals surface area contributed by atoms with Crippen molar-refractivity contribution in [3.8, 4) is 0 Å². The van der Waals surface area contributed by atoms with Crippen LogP contribution in [0.5, 0.6) is 0 Å². The molecule has 0 aromatic heterocycles. The van der Waals surface area contributed by atoms with E-state index in [1.807, 2.05) is 0 Å². The highest BCUT2D eigenvalue weighted by atomic mass is 16.5. The van der Waals surface area contributed by atoms with Crippen molar-refractivity contribution in [2.45, 2.75) is 40.5 Å². The predicted octanol–water partition coefficient (Wildman–Crippen LogP) is 3.89. The Balaban J connectivity index is 0.000000191. The summed E-state index contributed by atoms with van der Waals surface area (Å²) in [5.74, 6) is 1.47. The van der Waals surface area contributed by atoms with Crippen molar-refractivity contribution in [2.75, 3.05) is 33.4 Å². The van der Waals surface area contributed by atoms with Crippen molar-refractivity contribution in [3.63, 3.8) is 0 Å². The molecule has 2 heterocycles. The molecule has 2 heteroatoms. The molecule has 0 spiro atoms. The van der Waals surface area contributed by atoms with Crippen LogP contribution in [0.1, 0.15) is 40.5 Å². The highest BCUT2D eigenvalue weighted by Gasteiger charge is 2.09. The third kappa shape index (κ3) is 6.40. The minimum Gasteiger partial charge on any atom is -0.377 e. The monoisotopic (exact) mass is 265 g/mol. The Kier molecular flexibility index (Phi) is 7.40. The van der Waals surface area contributed by atoms with Gasteiger partial charge < -0.3 is 9.64 Å². The van der Waals surface area contributed by atoms with Gasteiger partial charge in [-0.15, -0.1) is 0 Å². The Morgan fingerprint density at radius 1 is 1.00 bits per heavy atom. The highest BCUT2D eigenvalue weighted by Crippen LogP contribution is 2.17. The molecule has 0 aromatic rings. The zero-order valence-corrected chi connectivity index (χ0v) is 13.4. The first-order valence-corrected chi connectivity index (χ1v) is 7.64. The first-order valence-electron chi connectivity index (χ1n) is 7.64. The third-order valence-electron chi connectivity index (χ3n) is 3.93. The minimum atomic E-state index is 0.717. The van der Waals surface area contributed by atoms with E-state index in [2.05, 4.69) is 51.8 Å². The molecular formula is C17H31NO. The summed E-state index contributed by atoms with van der Waals surface area (Å²) in [6.45, 7) is 13.2. The zero-order chi connectivity index (χ0) is 14.3. The number of nitrogens with zero attached hydrogens (tertiary/aromatic N) is 1. The van der Waals surface area contributed by atoms with Crippen LogP contribution in [0.4, 0.5) is 0 Å². The zero-order valence-electron chi connectivity index (χ0n) is 13.4. The van der Waals surface area contributed by atoms with E-state index < -0.39 is 0 Å². The smallest absolute Gasteiger partial charge is 0.0650 e. The molecule has 2 nitrogen and oxygen atoms in total. The molecule has 2 aliphatic heterocycles. The number of rotatable bonds is 2. The van der Waals surface area contributed by atoms with Crippen molar-refractivity contribution >= 4 is 0 Å². The molecule has 0 saturated carbocycles. The molecule has 0 radical (unpaired) electrons. The fourth-order valence-corrected chi connectivity index (χ4v) is 2.38. The SMILES string of the molecule is CC(C)C1=CCN(C)CC1.CC(C)C1=CCOCC1. The van der Waals surface area contributed by atoms with E-state index in [1.165, 1.54) is 13.0 Å². The van der Waals surface area contributed by atoms with Gasteiger partial charge in [0.15, 0.2) is 0 Å². The number of hydrogen-bond donors (Lipinski definition) is 0. The standard InChI is InChI=1S/C9H17N.C8H14O/c1-8(2)9-4-6-10(3)7-5-9;1-7(2)8-3-5-9-6-4-8/h4,8H,5-7H2,1-3H3;3,7H,4-6H2,1-2H3. The van der Waals surface area contributed by atoms with Crippen LogP contribution in [-0.2, 0) is 4.74 Å². The molecule has 0 fully saturated rings. The maximum absolute atomic E-state index is 5.17. The average Bonchev–Trinajstić information content (AvgIpc) is 2.41. The Hall–Kier alpha value is -0.600. The van der Waals surface area contributed by atoms with Crippen molar-refractivity contribution in [2.24, 2.45) is 11.8 Å². The molecule has 19 heavy (non-hydrogen) atoms. The summed E-state index contributed by atoms with van der Waals surface area (Å²) in [7, 11) is 2.17. The summed E-state index contributed by atoms with van der Waals surface area (Å²) in [5.41, 5.74) is 3.19. The van der Waals surface area contributed by atoms with Crippen molar-refractivity contribution in [1.29, 1.82) is 0 Å². The summed E-state index contributed by atoms with van der Waals surface area (Å²) >= 11 is 0. The Morgan fingerprint density at radius 2 is 1.63 bits per heavy atom. The molecule has 0 atom stereocenters. The fourth-order valence-electron chi connectivity index (χ4n) is 2.38. The lowest BCUT2D eigenvalue weighted by molar-refractivity contribution is 0.151. The van der Waals surface area contributed by atoms with Crippen LogP contribution in [0.25, 0.3) is 0 Å². The van der Waals surface area contributed by atoms with Gasteiger partial charge in [-0.1, -0.05) is 51.0 Å². The second-order valence-electron chi connectivity index (χ2n) is 6.20. The molecular weight excluding hydrogens is 234 g/mol. The molecule has 0 amide bonds. The molecule has 0 N–H and O–H groups in total. The van der Waals surface area contributed by atoms with Crippen molar-refractivity contribution < 1.29 is 4.74 Å². The van der Waals surface area contributed by atoms with Crippen LogP contribution in [-0.4, -0.2) is 38.3 Å². The van der Waals surface area contributed by atoms with Crippen LogP contribution in [0.15, 0.2) is 23.3 Å². The summed E-state index contributed by atoms with van der Waals surface area (Å²) in [6, 6.07) is 0. The summed E-state index contributed by atoms with van der Waals surface area (Å²) < 4.78 is 5.17. The lowest BCUT2D eigenvalue weighted by Gasteiger charge is -2.23. The van der Waals surface area contributed by atoms with E-state index in [4.69, 9.17) is 4.74 Å². The van der Waals surface area contributed by atoms with Crippen LogP contribution in [0.2, 0.25) is 0 Å². The molecule has 0 aromatic carbocycles. The van der Waals surface area contributed by atoms with E-state index in [-0.39, 0.29) is 0 Å². The molecule has 2 aliphatic rings. The van der Waals surface area contributed by atoms with E-state index >= 15 is 0 Å². The maximum Gasteiger partial charge on any atom is 0.0650 e. The maximum atomic E-state index is 5.17. The Bertz CT molecular complexity index is 315. The van der Waals surface area contributed by atoms with Gasteiger partial charge in [0.25, 0.3) is 0 Å². The third-order valence-corrected chi connectivity index (χ3v) is 3.93. The van der Waals surface area contributed by atoms with Gasteiger partial charge in [-0.2, -0.15) is 0 Å². The molecule has 0 bridgehead atoms. The van der Waals surface area contributed by atoms with Crippen molar-refractivity contribution in [3.05, 3.63) is 23.3 Å². The van der Waals surface area contributed by atoms with Gasteiger partial charge in [0.2, 0.25) is 0 Å². The van der Waals surface area contributed by atoms with Gasteiger partial charge in [0.1, 0.15) is 0 Å². The van der Waals surface area contributed by atoms with Gasteiger partial charge in [-0.3, -0.25) is 0 Å². The van der Waals surface area contributed by atoms with Gasteiger partial charge >= 0.3 is 0 Å². The Morgan fingerprint density at radius 3 is 2.00 bits per heavy atom. The molecule has 0 aliphatic carbocycles. The molecule has 0 unspecified atom stereocenters. The van der Waals surface area contributed by atoms with Crippen LogP contribution in [0.3, 0.4) is 0 Å². The molecule has 0 saturated heterocycles. The lowest BCUT2D eigenvalue weighted by atomic mass is 9.97. The van der Waals surface area contributed by atoms with Gasteiger partial charge in [-0.25, -0.2) is 0 Å².